The van der Waals surface area contributed by atoms with Crippen LogP contribution in [0.5, 0.6) is 0 Å². The fraction of sp³-hybridized carbons (Fsp3) is 0.644. The predicted molar refractivity (Wildman–Crippen MR) is 279 cm³/mol. The summed E-state index contributed by atoms with van der Waals surface area (Å²) < 4.78 is 16.6. The monoisotopic (exact) mass is 901 g/mol. The molecule has 0 radical (unpaired) electrons. The third-order valence-corrected chi connectivity index (χ3v) is 10.8. The molecular weight excluding hydrogens is 805 g/mol. The second-order valence-corrected chi connectivity index (χ2v) is 17.1. The largest absolute Gasteiger partial charge is 0.462 e. The van der Waals surface area contributed by atoms with Crippen molar-refractivity contribution in [2.45, 2.75) is 232 Å². The number of rotatable bonds is 46. The van der Waals surface area contributed by atoms with Gasteiger partial charge < -0.3 is 14.2 Å². The number of carbonyl (C=O) groups is 3. The van der Waals surface area contributed by atoms with Crippen molar-refractivity contribution in [3.05, 3.63) is 109 Å². The van der Waals surface area contributed by atoms with E-state index in [1.165, 1.54) is 51.4 Å². The Labute approximate surface area is 400 Å². The lowest BCUT2D eigenvalue weighted by Crippen LogP contribution is -2.30. The lowest BCUT2D eigenvalue weighted by atomic mass is 10.1. The molecular formula is C59H96O6. The summed E-state index contributed by atoms with van der Waals surface area (Å²) >= 11 is 0. The first-order chi connectivity index (χ1) is 32.0. The highest BCUT2D eigenvalue weighted by molar-refractivity contribution is 5.71. The van der Waals surface area contributed by atoms with Gasteiger partial charge in [-0.15, -0.1) is 0 Å². The van der Waals surface area contributed by atoms with Crippen LogP contribution in [0.25, 0.3) is 0 Å². The first-order valence-corrected chi connectivity index (χ1v) is 26.4. The SMILES string of the molecule is CC/C=C\C/C=C\C/C=C\C/C=C\C/C=C\C/C=C\C/C=C\C/C=C\C/C=C\CCCCCCCC(=O)OCC(COC(=O)CCCCCCCCC)OC(=O)CCCCCCCCC. The molecule has 6 heteroatoms. The van der Waals surface area contributed by atoms with Gasteiger partial charge in [0.1, 0.15) is 13.2 Å². The molecule has 0 aliphatic carbocycles. The van der Waals surface area contributed by atoms with Crippen LogP contribution in [0, 0.1) is 0 Å². The molecule has 0 aliphatic rings. The molecule has 65 heavy (non-hydrogen) atoms. The summed E-state index contributed by atoms with van der Waals surface area (Å²) in [6.07, 6.45) is 71.2. The standard InChI is InChI=1S/C59H96O6/c1-4-7-10-13-16-17-18-19-20-21-22-23-24-25-26-27-28-29-30-31-32-33-34-35-36-37-38-39-40-41-44-46-49-52-58(61)64-55-56(65-59(62)53-50-47-43-15-12-9-6-3)54-63-57(60)51-48-45-42-14-11-8-5-2/h7,10,16-17,19-20,22-23,25-26,28-29,31-32,34-35,37-38,56H,4-6,8-9,11-15,18,21,24,27,30,33,36,39-55H2,1-3H3/b10-7-,17-16-,20-19-,23-22-,26-25-,29-28-,32-31-,35-34-,38-37-. The maximum atomic E-state index is 12.6. The molecule has 0 aromatic carbocycles. The predicted octanol–water partition coefficient (Wildman–Crippen LogP) is 17.5. The highest BCUT2D eigenvalue weighted by Crippen LogP contribution is 2.13. The van der Waals surface area contributed by atoms with E-state index < -0.39 is 6.10 Å². The Bertz CT molecular complexity index is 1360. The molecule has 0 spiro atoms. The molecule has 0 amide bonds. The fourth-order valence-corrected chi connectivity index (χ4v) is 6.84. The van der Waals surface area contributed by atoms with Crippen molar-refractivity contribution in [2.75, 3.05) is 13.2 Å². The highest BCUT2D eigenvalue weighted by atomic mass is 16.6. The fourth-order valence-electron chi connectivity index (χ4n) is 6.84. The Morgan fingerprint density at radius 2 is 0.600 bits per heavy atom. The zero-order valence-corrected chi connectivity index (χ0v) is 42.0. The van der Waals surface area contributed by atoms with Crippen LogP contribution < -0.4 is 0 Å². The quantitative estimate of drug-likeness (QED) is 0.0262. The van der Waals surface area contributed by atoms with Gasteiger partial charge in [0.25, 0.3) is 0 Å². The molecule has 1 unspecified atom stereocenters. The van der Waals surface area contributed by atoms with Crippen molar-refractivity contribution in [2.24, 2.45) is 0 Å². The van der Waals surface area contributed by atoms with E-state index >= 15 is 0 Å². The van der Waals surface area contributed by atoms with Gasteiger partial charge in [-0.25, -0.2) is 0 Å². The smallest absolute Gasteiger partial charge is 0.306 e. The third kappa shape index (κ3) is 50.9. The molecule has 0 N–H and O–H groups in total. The number of ether oxygens (including phenoxy) is 3. The number of esters is 3. The molecule has 0 aromatic rings. The lowest BCUT2D eigenvalue weighted by molar-refractivity contribution is -0.167. The minimum atomic E-state index is -0.779. The minimum Gasteiger partial charge on any atom is -0.462 e. The maximum absolute atomic E-state index is 12.6. The van der Waals surface area contributed by atoms with Crippen molar-refractivity contribution in [1.29, 1.82) is 0 Å². The zero-order valence-electron chi connectivity index (χ0n) is 42.0. The van der Waals surface area contributed by atoms with Crippen LogP contribution in [0.3, 0.4) is 0 Å². The van der Waals surface area contributed by atoms with Crippen molar-refractivity contribution in [1.82, 2.24) is 0 Å². The van der Waals surface area contributed by atoms with Gasteiger partial charge in [0.05, 0.1) is 0 Å². The second-order valence-electron chi connectivity index (χ2n) is 17.1. The molecule has 0 aromatic heterocycles. The average Bonchev–Trinajstić information content (AvgIpc) is 3.30. The summed E-state index contributed by atoms with van der Waals surface area (Å²) in [6, 6.07) is 0. The second kappa shape index (κ2) is 52.7. The first-order valence-electron chi connectivity index (χ1n) is 26.4. The van der Waals surface area contributed by atoms with Crippen LogP contribution >= 0.6 is 0 Å². The molecule has 368 valence electrons. The van der Waals surface area contributed by atoms with Crippen molar-refractivity contribution >= 4 is 17.9 Å². The zero-order chi connectivity index (χ0) is 47.2. The average molecular weight is 901 g/mol. The summed E-state index contributed by atoms with van der Waals surface area (Å²) in [7, 11) is 0. The van der Waals surface area contributed by atoms with Crippen LogP contribution in [0.15, 0.2) is 109 Å². The Kier molecular flexibility index (Phi) is 49.5. The maximum Gasteiger partial charge on any atom is 0.306 e. The van der Waals surface area contributed by atoms with E-state index in [0.29, 0.717) is 19.3 Å². The number of carbonyl (C=O) groups excluding carboxylic acids is 3. The van der Waals surface area contributed by atoms with Gasteiger partial charge >= 0.3 is 17.9 Å². The number of hydrogen-bond donors (Lipinski definition) is 0. The van der Waals surface area contributed by atoms with E-state index in [1.54, 1.807) is 0 Å². The van der Waals surface area contributed by atoms with Crippen LogP contribution in [0.2, 0.25) is 0 Å². The Morgan fingerprint density at radius 3 is 0.938 bits per heavy atom. The van der Waals surface area contributed by atoms with E-state index in [0.717, 1.165) is 135 Å². The highest BCUT2D eigenvalue weighted by Gasteiger charge is 2.19. The van der Waals surface area contributed by atoms with Crippen LogP contribution in [0.1, 0.15) is 226 Å². The van der Waals surface area contributed by atoms with Crippen LogP contribution in [-0.2, 0) is 28.6 Å². The van der Waals surface area contributed by atoms with Crippen molar-refractivity contribution in [3.63, 3.8) is 0 Å². The third-order valence-electron chi connectivity index (χ3n) is 10.8. The molecule has 1 atom stereocenters. The van der Waals surface area contributed by atoms with E-state index in [4.69, 9.17) is 14.2 Å². The van der Waals surface area contributed by atoms with Gasteiger partial charge in [-0.05, 0) is 89.9 Å². The topological polar surface area (TPSA) is 78.9 Å². The number of unbranched alkanes of at least 4 members (excludes halogenated alkanes) is 17. The minimum absolute atomic E-state index is 0.0836. The first kappa shape index (κ1) is 61.1. The molecule has 0 aliphatic heterocycles. The molecule has 0 bridgehead atoms. The Morgan fingerprint density at radius 1 is 0.323 bits per heavy atom. The van der Waals surface area contributed by atoms with Gasteiger partial charge in [-0.3, -0.25) is 14.4 Å². The van der Waals surface area contributed by atoms with E-state index in [-0.39, 0.29) is 31.1 Å². The molecule has 0 fully saturated rings. The van der Waals surface area contributed by atoms with E-state index in [9.17, 15) is 14.4 Å². The van der Waals surface area contributed by atoms with Crippen LogP contribution in [-0.4, -0.2) is 37.2 Å². The van der Waals surface area contributed by atoms with Gasteiger partial charge in [-0.2, -0.15) is 0 Å². The van der Waals surface area contributed by atoms with Gasteiger partial charge in [0.2, 0.25) is 0 Å². The van der Waals surface area contributed by atoms with Crippen molar-refractivity contribution in [3.8, 4) is 0 Å². The lowest BCUT2D eigenvalue weighted by Gasteiger charge is -2.18. The van der Waals surface area contributed by atoms with Gasteiger partial charge in [-0.1, -0.05) is 226 Å². The molecule has 0 saturated carbocycles. The molecule has 6 nitrogen and oxygen atoms in total. The number of hydrogen-bond acceptors (Lipinski definition) is 6. The normalized spacial score (nSPS) is 13.0. The Balaban J connectivity index is 4.08. The van der Waals surface area contributed by atoms with E-state index in [1.807, 2.05) is 0 Å². The van der Waals surface area contributed by atoms with Crippen LogP contribution in [0.4, 0.5) is 0 Å². The van der Waals surface area contributed by atoms with Crippen molar-refractivity contribution < 1.29 is 28.6 Å². The summed E-state index contributed by atoms with van der Waals surface area (Å²) in [5, 5.41) is 0. The van der Waals surface area contributed by atoms with Gasteiger partial charge in [0, 0.05) is 19.3 Å². The molecule has 0 saturated heterocycles. The molecule has 0 rings (SSSR count). The summed E-state index contributed by atoms with van der Waals surface area (Å²) in [5.74, 6) is -0.924. The summed E-state index contributed by atoms with van der Waals surface area (Å²) in [5.41, 5.74) is 0. The Hall–Kier alpha value is -3.93. The van der Waals surface area contributed by atoms with E-state index in [2.05, 4.69) is 130 Å². The van der Waals surface area contributed by atoms with Gasteiger partial charge in [0.15, 0.2) is 6.10 Å². The summed E-state index contributed by atoms with van der Waals surface area (Å²) in [4.78, 5) is 37.5. The summed E-state index contributed by atoms with van der Waals surface area (Å²) in [6.45, 7) is 6.40. The molecule has 0 heterocycles. The number of allylic oxidation sites excluding steroid dienone is 18.